The number of pyridine rings is 1. The van der Waals surface area contributed by atoms with Gasteiger partial charge in [0.05, 0.1) is 4.34 Å². The van der Waals surface area contributed by atoms with Crippen LogP contribution >= 0.6 is 22.9 Å². The molecule has 0 radical (unpaired) electrons. The van der Waals surface area contributed by atoms with E-state index in [2.05, 4.69) is 25.0 Å². The fourth-order valence-corrected chi connectivity index (χ4v) is 2.91. The molecule has 102 valence electrons. The van der Waals surface area contributed by atoms with E-state index in [1.807, 2.05) is 28.3 Å². The normalized spacial score (nSPS) is 11.2. The van der Waals surface area contributed by atoms with Gasteiger partial charge in [-0.05, 0) is 37.6 Å². The van der Waals surface area contributed by atoms with Crippen molar-refractivity contribution < 1.29 is 0 Å². The monoisotopic (exact) mass is 303 g/mol. The van der Waals surface area contributed by atoms with Gasteiger partial charge < -0.3 is 0 Å². The number of hydrogen-bond acceptors (Lipinski definition) is 3. The molecule has 0 aliphatic carbocycles. The van der Waals surface area contributed by atoms with Gasteiger partial charge in [0.1, 0.15) is 5.69 Å². The van der Waals surface area contributed by atoms with Crippen molar-refractivity contribution in [1.29, 1.82) is 0 Å². The third kappa shape index (κ3) is 2.49. The minimum absolute atomic E-state index is 0.318. The van der Waals surface area contributed by atoms with E-state index >= 15 is 0 Å². The Labute approximate surface area is 126 Å². The topological polar surface area (TPSA) is 30.7 Å². The Morgan fingerprint density at radius 1 is 1.20 bits per heavy atom. The Morgan fingerprint density at radius 3 is 2.55 bits per heavy atom. The first kappa shape index (κ1) is 13.3. The van der Waals surface area contributed by atoms with E-state index in [1.54, 1.807) is 12.4 Å². The van der Waals surface area contributed by atoms with Crippen molar-refractivity contribution in [2.75, 3.05) is 0 Å². The molecule has 0 spiro atoms. The highest BCUT2D eigenvalue weighted by atomic mass is 35.5. The second kappa shape index (κ2) is 5.38. The third-order valence-electron chi connectivity index (χ3n) is 3.09. The zero-order valence-corrected chi connectivity index (χ0v) is 12.8. The van der Waals surface area contributed by atoms with Crippen molar-refractivity contribution in [1.82, 2.24) is 14.8 Å². The zero-order chi connectivity index (χ0) is 14.1. The van der Waals surface area contributed by atoms with Gasteiger partial charge in [0.25, 0.3) is 0 Å². The van der Waals surface area contributed by atoms with Gasteiger partial charge in [-0.2, -0.15) is 5.10 Å². The lowest BCUT2D eigenvalue weighted by Gasteiger charge is -2.03. The SMILES string of the molecule is CC(C)n1cc(-c2ccncc2)c(-c2csc(Cl)c2)n1. The molecule has 0 atom stereocenters. The molecule has 3 aromatic heterocycles. The van der Waals surface area contributed by atoms with E-state index in [1.165, 1.54) is 11.3 Å². The van der Waals surface area contributed by atoms with Crippen LogP contribution in [0.5, 0.6) is 0 Å². The van der Waals surface area contributed by atoms with Crippen LogP contribution in [0.25, 0.3) is 22.4 Å². The molecule has 5 heteroatoms. The Hall–Kier alpha value is -1.65. The quantitative estimate of drug-likeness (QED) is 0.688. The summed E-state index contributed by atoms with van der Waals surface area (Å²) in [5.41, 5.74) is 4.25. The fourth-order valence-electron chi connectivity index (χ4n) is 2.05. The van der Waals surface area contributed by atoms with Crippen LogP contribution in [-0.2, 0) is 0 Å². The van der Waals surface area contributed by atoms with E-state index in [-0.39, 0.29) is 0 Å². The van der Waals surface area contributed by atoms with Gasteiger partial charge in [-0.15, -0.1) is 11.3 Å². The minimum Gasteiger partial charge on any atom is -0.269 e. The van der Waals surface area contributed by atoms with Crippen LogP contribution in [0, 0.1) is 0 Å². The van der Waals surface area contributed by atoms with Gasteiger partial charge in [0.2, 0.25) is 0 Å². The Balaban J connectivity index is 2.17. The molecule has 3 aromatic rings. The predicted octanol–water partition coefficient (Wildman–Crippen LogP) is 4.91. The Morgan fingerprint density at radius 2 is 1.95 bits per heavy atom. The summed E-state index contributed by atoms with van der Waals surface area (Å²) in [5, 5.41) is 6.76. The van der Waals surface area contributed by atoms with Crippen LogP contribution in [0.2, 0.25) is 4.34 Å². The fraction of sp³-hybridized carbons (Fsp3) is 0.200. The van der Waals surface area contributed by atoms with Gasteiger partial charge in [-0.3, -0.25) is 9.67 Å². The van der Waals surface area contributed by atoms with Crippen molar-refractivity contribution in [2.24, 2.45) is 0 Å². The van der Waals surface area contributed by atoms with Crippen LogP contribution < -0.4 is 0 Å². The summed E-state index contributed by atoms with van der Waals surface area (Å²) in [6.45, 7) is 4.24. The standard InChI is InChI=1S/C15H14ClN3S/c1-10(2)19-8-13(11-3-5-17-6-4-11)15(18-19)12-7-14(16)20-9-12/h3-10H,1-2H3. The summed E-state index contributed by atoms with van der Waals surface area (Å²) in [6, 6.07) is 6.28. The first-order valence-electron chi connectivity index (χ1n) is 6.39. The van der Waals surface area contributed by atoms with E-state index in [9.17, 15) is 0 Å². The molecule has 0 aromatic carbocycles. The molecular weight excluding hydrogens is 290 g/mol. The molecule has 0 fully saturated rings. The molecule has 0 saturated heterocycles. The maximum Gasteiger partial charge on any atom is 0.101 e. The molecule has 0 N–H and O–H groups in total. The van der Waals surface area contributed by atoms with E-state index in [0.29, 0.717) is 6.04 Å². The zero-order valence-electron chi connectivity index (χ0n) is 11.2. The second-order valence-corrected chi connectivity index (χ2v) is 6.38. The van der Waals surface area contributed by atoms with Gasteiger partial charge in [-0.25, -0.2) is 0 Å². The van der Waals surface area contributed by atoms with Crippen molar-refractivity contribution in [3.8, 4) is 22.4 Å². The van der Waals surface area contributed by atoms with Crippen LogP contribution in [0.1, 0.15) is 19.9 Å². The molecule has 20 heavy (non-hydrogen) atoms. The molecule has 3 rings (SSSR count). The first-order chi connectivity index (χ1) is 9.65. The molecule has 0 bridgehead atoms. The number of thiophene rings is 1. The lowest BCUT2D eigenvalue weighted by atomic mass is 10.1. The number of hydrogen-bond donors (Lipinski definition) is 0. The highest BCUT2D eigenvalue weighted by molar-refractivity contribution is 7.14. The Bertz CT molecular complexity index is 716. The van der Waals surface area contributed by atoms with Crippen molar-refractivity contribution in [3.63, 3.8) is 0 Å². The van der Waals surface area contributed by atoms with Crippen LogP contribution in [0.4, 0.5) is 0 Å². The number of halogens is 1. The van der Waals surface area contributed by atoms with Gasteiger partial charge in [-0.1, -0.05) is 11.6 Å². The number of nitrogens with zero attached hydrogens (tertiary/aromatic N) is 3. The largest absolute Gasteiger partial charge is 0.269 e. The summed E-state index contributed by atoms with van der Waals surface area (Å²) in [7, 11) is 0. The van der Waals surface area contributed by atoms with Gasteiger partial charge in [0, 0.05) is 41.1 Å². The molecular formula is C15H14ClN3S. The van der Waals surface area contributed by atoms with Gasteiger partial charge in [0.15, 0.2) is 0 Å². The van der Waals surface area contributed by atoms with Crippen molar-refractivity contribution in [3.05, 3.63) is 46.5 Å². The summed E-state index contributed by atoms with van der Waals surface area (Å²) < 4.78 is 2.76. The predicted molar refractivity (Wildman–Crippen MR) is 84.2 cm³/mol. The van der Waals surface area contributed by atoms with E-state index in [4.69, 9.17) is 16.7 Å². The average Bonchev–Trinajstić information content (AvgIpc) is 3.05. The van der Waals surface area contributed by atoms with Crippen LogP contribution in [0.3, 0.4) is 0 Å². The molecule has 0 amide bonds. The van der Waals surface area contributed by atoms with Gasteiger partial charge >= 0.3 is 0 Å². The number of aromatic nitrogens is 3. The van der Waals surface area contributed by atoms with E-state index in [0.717, 1.165) is 26.7 Å². The molecule has 0 saturated carbocycles. The molecule has 0 aliphatic rings. The lowest BCUT2D eigenvalue weighted by Crippen LogP contribution is -2.00. The summed E-state index contributed by atoms with van der Waals surface area (Å²) in [6.07, 6.45) is 5.68. The molecule has 3 heterocycles. The summed E-state index contributed by atoms with van der Waals surface area (Å²) in [4.78, 5) is 4.07. The molecule has 0 aliphatic heterocycles. The minimum atomic E-state index is 0.318. The Kier molecular flexibility index (Phi) is 3.59. The lowest BCUT2D eigenvalue weighted by molar-refractivity contribution is 0.534. The first-order valence-corrected chi connectivity index (χ1v) is 7.65. The number of rotatable bonds is 3. The maximum absolute atomic E-state index is 6.05. The second-order valence-electron chi connectivity index (χ2n) is 4.84. The molecule has 0 unspecified atom stereocenters. The maximum atomic E-state index is 6.05. The highest BCUT2D eigenvalue weighted by Gasteiger charge is 2.15. The summed E-state index contributed by atoms with van der Waals surface area (Å²) in [5.74, 6) is 0. The van der Waals surface area contributed by atoms with E-state index < -0.39 is 0 Å². The third-order valence-corrected chi connectivity index (χ3v) is 4.18. The van der Waals surface area contributed by atoms with Crippen molar-refractivity contribution >= 4 is 22.9 Å². The highest BCUT2D eigenvalue weighted by Crippen LogP contribution is 2.35. The van der Waals surface area contributed by atoms with Crippen molar-refractivity contribution in [2.45, 2.75) is 19.9 Å². The van der Waals surface area contributed by atoms with Crippen LogP contribution in [0.15, 0.2) is 42.2 Å². The van der Waals surface area contributed by atoms with Crippen LogP contribution in [-0.4, -0.2) is 14.8 Å². The average molecular weight is 304 g/mol. The smallest absolute Gasteiger partial charge is 0.101 e. The summed E-state index contributed by atoms with van der Waals surface area (Å²) >= 11 is 7.58. The molecule has 3 nitrogen and oxygen atoms in total.